The van der Waals surface area contributed by atoms with Gasteiger partial charge >= 0.3 is 11.9 Å². The van der Waals surface area contributed by atoms with Gasteiger partial charge in [0.15, 0.2) is 0 Å². The first-order valence-electron chi connectivity index (χ1n) is 5.83. The molecule has 0 radical (unpaired) electrons. The lowest BCUT2D eigenvalue weighted by Crippen LogP contribution is -2.56. The van der Waals surface area contributed by atoms with Crippen LogP contribution in [0.4, 0.5) is 0 Å². The molecule has 0 bridgehead atoms. The number of benzene rings is 1. The molecule has 0 aliphatic carbocycles. The Kier molecular flexibility index (Phi) is 3.34. The molecule has 0 unspecified atom stereocenters. The third-order valence-electron chi connectivity index (χ3n) is 3.43. The average molecular weight is 249 g/mol. The summed E-state index contributed by atoms with van der Waals surface area (Å²) in [4.78, 5) is 24.2. The van der Waals surface area contributed by atoms with Crippen LogP contribution >= 0.6 is 0 Å². The lowest BCUT2D eigenvalue weighted by atomic mass is 9.96. The van der Waals surface area contributed by atoms with Crippen molar-refractivity contribution in [2.45, 2.75) is 24.9 Å². The zero-order valence-electron chi connectivity index (χ0n) is 9.87. The minimum atomic E-state index is -1.77. The molecule has 96 valence electrons. The molecule has 0 amide bonds. The van der Waals surface area contributed by atoms with Crippen molar-refractivity contribution in [3.8, 4) is 0 Å². The van der Waals surface area contributed by atoms with Crippen LogP contribution in [0, 0.1) is 0 Å². The maximum Gasteiger partial charge on any atom is 0.335 e. The Morgan fingerprint density at radius 2 is 1.78 bits per heavy atom. The Bertz CT molecular complexity index is 443. The molecular weight excluding hydrogens is 234 g/mol. The first kappa shape index (κ1) is 12.6. The third-order valence-corrected chi connectivity index (χ3v) is 3.43. The van der Waals surface area contributed by atoms with E-state index in [1.165, 1.54) is 4.90 Å². The van der Waals surface area contributed by atoms with Gasteiger partial charge in [-0.1, -0.05) is 30.3 Å². The van der Waals surface area contributed by atoms with Gasteiger partial charge in [-0.3, -0.25) is 4.90 Å². The van der Waals surface area contributed by atoms with E-state index in [2.05, 4.69) is 0 Å². The van der Waals surface area contributed by atoms with Crippen molar-refractivity contribution >= 4 is 11.9 Å². The molecule has 1 aliphatic heterocycles. The van der Waals surface area contributed by atoms with Gasteiger partial charge in [-0.25, -0.2) is 9.59 Å². The topological polar surface area (TPSA) is 77.8 Å². The normalized spacial score (nSPS) is 18.7. The molecule has 1 saturated heterocycles. The van der Waals surface area contributed by atoms with Crippen LogP contribution in [0.5, 0.6) is 0 Å². The summed E-state index contributed by atoms with van der Waals surface area (Å²) < 4.78 is 0. The van der Waals surface area contributed by atoms with E-state index in [9.17, 15) is 19.8 Å². The first-order valence-corrected chi connectivity index (χ1v) is 5.83. The van der Waals surface area contributed by atoms with E-state index in [1.807, 2.05) is 30.3 Å². The van der Waals surface area contributed by atoms with Crippen LogP contribution < -0.4 is 0 Å². The Balaban J connectivity index is 2.26. The lowest BCUT2D eigenvalue weighted by Gasteiger charge is -2.30. The lowest BCUT2D eigenvalue weighted by molar-refractivity contribution is -0.165. The number of hydrogen-bond donors (Lipinski definition) is 2. The minimum Gasteiger partial charge on any atom is -0.479 e. The molecule has 0 saturated carbocycles. The van der Waals surface area contributed by atoms with E-state index in [0.717, 1.165) is 5.56 Å². The quantitative estimate of drug-likeness (QED) is 0.784. The summed E-state index contributed by atoms with van der Waals surface area (Å²) in [5.74, 6) is -2.55. The molecule has 0 aromatic heterocycles. The van der Waals surface area contributed by atoms with Crippen molar-refractivity contribution in [3.05, 3.63) is 35.9 Å². The van der Waals surface area contributed by atoms with Gasteiger partial charge in [0.25, 0.3) is 0 Å². The standard InChI is InChI=1S/C13H15NO4/c15-11(16)13(12(17)18)7-4-8-14(13)9-10-5-2-1-3-6-10/h1-3,5-6H,4,7-9H2,(H,15,16)(H,17,18). The number of carbonyl (C=O) groups is 2. The Hall–Kier alpha value is -1.88. The Morgan fingerprint density at radius 1 is 1.17 bits per heavy atom. The van der Waals surface area contributed by atoms with Crippen molar-refractivity contribution in [3.63, 3.8) is 0 Å². The monoisotopic (exact) mass is 249 g/mol. The molecule has 1 aromatic carbocycles. The van der Waals surface area contributed by atoms with Crippen LogP contribution in [-0.4, -0.2) is 39.1 Å². The molecule has 2 rings (SSSR count). The highest BCUT2D eigenvalue weighted by atomic mass is 16.4. The summed E-state index contributed by atoms with van der Waals surface area (Å²) in [6.07, 6.45) is 0.746. The van der Waals surface area contributed by atoms with Gasteiger partial charge in [-0.15, -0.1) is 0 Å². The fraction of sp³-hybridized carbons (Fsp3) is 0.385. The van der Waals surface area contributed by atoms with Gasteiger partial charge in [-0.05, 0) is 18.4 Å². The molecule has 1 fully saturated rings. The number of likely N-dealkylation sites (tertiary alicyclic amines) is 1. The van der Waals surface area contributed by atoms with Gasteiger partial charge in [0.2, 0.25) is 5.54 Å². The summed E-state index contributed by atoms with van der Waals surface area (Å²) in [6.45, 7) is 0.840. The summed E-state index contributed by atoms with van der Waals surface area (Å²) in [6, 6.07) is 9.32. The summed E-state index contributed by atoms with van der Waals surface area (Å²) in [5, 5.41) is 18.5. The molecule has 5 nitrogen and oxygen atoms in total. The van der Waals surface area contributed by atoms with Gasteiger partial charge < -0.3 is 10.2 Å². The highest BCUT2D eigenvalue weighted by molar-refractivity contribution is 6.03. The van der Waals surface area contributed by atoms with Crippen LogP contribution in [0.1, 0.15) is 18.4 Å². The van der Waals surface area contributed by atoms with Crippen molar-refractivity contribution in [1.29, 1.82) is 0 Å². The van der Waals surface area contributed by atoms with Gasteiger partial charge in [-0.2, -0.15) is 0 Å². The summed E-state index contributed by atoms with van der Waals surface area (Å²) in [5.41, 5.74) is -0.846. The molecule has 1 aliphatic rings. The number of nitrogens with zero attached hydrogens (tertiary/aromatic N) is 1. The SMILES string of the molecule is O=C(O)C1(C(=O)O)CCCN1Cc1ccccc1. The number of aliphatic carboxylic acids is 2. The number of carboxylic acids is 2. The van der Waals surface area contributed by atoms with Crippen LogP contribution in [0.2, 0.25) is 0 Å². The van der Waals surface area contributed by atoms with Crippen molar-refractivity contribution < 1.29 is 19.8 Å². The molecule has 18 heavy (non-hydrogen) atoms. The van der Waals surface area contributed by atoms with E-state index >= 15 is 0 Å². The van der Waals surface area contributed by atoms with Crippen molar-refractivity contribution in [2.24, 2.45) is 0 Å². The molecule has 1 heterocycles. The summed E-state index contributed by atoms with van der Waals surface area (Å²) in [7, 11) is 0. The molecular formula is C13H15NO4. The fourth-order valence-corrected chi connectivity index (χ4v) is 2.47. The average Bonchev–Trinajstić information content (AvgIpc) is 2.75. The second kappa shape index (κ2) is 4.78. The smallest absolute Gasteiger partial charge is 0.335 e. The highest BCUT2D eigenvalue weighted by Crippen LogP contribution is 2.31. The van der Waals surface area contributed by atoms with E-state index < -0.39 is 17.5 Å². The predicted molar refractivity (Wildman–Crippen MR) is 64.1 cm³/mol. The van der Waals surface area contributed by atoms with E-state index in [1.54, 1.807) is 0 Å². The third kappa shape index (κ3) is 1.97. The Labute approximate surface area is 105 Å². The first-order chi connectivity index (χ1) is 8.57. The van der Waals surface area contributed by atoms with Gasteiger partial charge in [0.1, 0.15) is 0 Å². The number of carboxylic acid groups (broad SMARTS) is 2. The largest absolute Gasteiger partial charge is 0.479 e. The zero-order chi connectivity index (χ0) is 13.2. The predicted octanol–water partition coefficient (Wildman–Crippen LogP) is 1.19. The summed E-state index contributed by atoms with van der Waals surface area (Å²) >= 11 is 0. The fourth-order valence-electron chi connectivity index (χ4n) is 2.47. The molecule has 0 spiro atoms. The van der Waals surface area contributed by atoms with E-state index in [-0.39, 0.29) is 6.42 Å². The maximum atomic E-state index is 11.3. The van der Waals surface area contributed by atoms with E-state index in [0.29, 0.717) is 19.5 Å². The van der Waals surface area contributed by atoms with E-state index in [4.69, 9.17) is 0 Å². The van der Waals surface area contributed by atoms with Crippen molar-refractivity contribution in [2.75, 3.05) is 6.54 Å². The van der Waals surface area contributed by atoms with Gasteiger partial charge in [0.05, 0.1) is 0 Å². The van der Waals surface area contributed by atoms with Gasteiger partial charge in [0, 0.05) is 13.1 Å². The van der Waals surface area contributed by atoms with Crippen LogP contribution in [-0.2, 0) is 16.1 Å². The molecule has 1 aromatic rings. The maximum absolute atomic E-state index is 11.3. The second-order valence-electron chi connectivity index (χ2n) is 4.48. The highest BCUT2D eigenvalue weighted by Gasteiger charge is 2.54. The molecule has 2 N–H and O–H groups in total. The second-order valence-corrected chi connectivity index (χ2v) is 4.48. The molecule has 5 heteroatoms. The number of rotatable bonds is 4. The molecule has 0 atom stereocenters. The number of hydrogen-bond acceptors (Lipinski definition) is 3. The van der Waals surface area contributed by atoms with Crippen molar-refractivity contribution in [1.82, 2.24) is 4.90 Å². The zero-order valence-corrected chi connectivity index (χ0v) is 9.87. The van der Waals surface area contributed by atoms with Crippen LogP contribution in [0.25, 0.3) is 0 Å². The minimum absolute atomic E-state index is 0.157. The Morgan fingerprint density at radius 3 is 2.33 bits per heavy atom. The van der Waals surface area contributed by atoms with Crippen LogP contribution in [0.3, 0.4) is 0 Å². The van der Waals surface area contributed by atoms with Crippen LogP contribution in [0.15, 0.2) is 30.3 Å².